The highest BCUT2D eigenvalue weighted by atomic mass is 35.5. The molecule has 2 aromatic rings. The fourth-order valence-corrected chi connectivity index (χ4v) is 3.84. The van der Waals surface area contributed by atoms with Crippen molar-refractivity contribution in [3.05, 3.63) is 68.5 Å². The Labute approximate surface area is 168 Å². The van der Waals surface area contributed by atoms with Crippen LogP contribution in [0, 0.1) is 15.9 Å². The Balaban J connectivity index is 2.02. The van der Waals surface area contributed by atoms with Gasteiger partial charge in [0.1, 0.15) is 10.8 Å². The molecular weight excluding hydrogens is 381 g/mol. The van der Waals surface area contributed by atoms with Gasteiger partial charge in [-0.3, -0.25) is 15.1 Å². The van der Waals surface area contributed by atoms with Gasteiger partial charge in [0, 0.05) is 35.6 Å². The zero-order valence-corrected chi connectivity index (χ0v) is 16.9. The van der Waals surface area contributed by atoms with Crippen molar-refractivity contribution in [3.8, 4) is 0 Å². The number of rotatable bonds is 4. The van der Waals surface area contributed by atoms with Crippen LogP contribution in [-0.2, 0) is 0 Å². The maximum absolute atomic E-state index is 14.8. The molecule has 5 nitrogen and oxygen atoms in total. The normalized spacial score (nSPS) is 15.5. The molecule has 28 heavy (non-hydrogen) atoms. The minimum Gasteiger partial charge on any atom is -0.363 e. The highest BCUT2D eigenvalue weighted by molar-refractivity contribution is 6.32. The van der Waals surface area contributed by atoms with Crippen molar-refractivity contribution in [2.24, 2.45) is 4.99 Å². The summed E-state index contributed by atoms with van der Waals surface area (Å²) in [5.74, 6) is -0.394. The molecule has 0 unspecified atom stereocenters. The average Bonchev–Trinajstić information content (AvgIpc) is 2.60. The third-order valence-corrected chi connectivity index (χ3v) is 5.21. The first-order valence-corrected chi connectivity index (χ1v) is 9.31. The van der Waals surface area contributed by atoms with Gasteiger partial charge >= 0.3 is 0 Å². The molecule has 0 aromatic heterocycles. The fourth-order valence-electron chi connectivity index (χ4n) is 3.66. The van der Waals surface area contributed by atoms with Gasteiger partial charge in [-0.05, 0) is 57.5 Å². The Hall–Kier alpha value is -2.73. The van der Waals surface area contributed by atoms with Crippen molar-refractivity contribution >= 4 is 40.5 Å². The van der Waals surface area contributed by atoms with Crippen molar-refractivity contribution in [2.45, 2.75) is 33.2 Å². The van der Waals surface area contributed by atoms with Gasteiger partial charge in [-0.2, -0.15) is 0 Å². The summed E-state index contributed by atoms with van der Waals surface area (Å²) in [5.41, 5.74) is 3.09. The molecule has 0 N–H and O–H groups in total. The van der Waals surface area contributed by atoms with Gasteiger partial charge in [0.05, 0.1) is 16.1 Å². The largest absolute Gasteiger partial charge is 0.363 e. The van der Waals surface area contributed by atoms with E-state index in [4.69, 9.17) is 11.6 Å². The number of fused-ring (bicyclic) bond motifs is 1. The first-order valence-electron chi connectivity index (χ1n) is 8.93. The van der Waals surface area contributed by atoms with Crippen LogP contribution < -0.4 is 4.90 Å². The standard InChI is InChI=1S/C21H21ClFN3O2/c1-5-25-19-10-18(23)14(8-16(19)13(2)11-21(25,3)4)12-24-15-6-7-17(22)20(9-15)26(27)28/h6-12H,5H2,1-4H3. The van der Waals surface area contributed by atoms with Gasteiger partial charge in [-0.25, -0.2) is 4.39 Å². The number of likely N-dealkylation sites (N-methyl/N-ethyl adjacent to an activating group) is 1. The van der Waals surface area contributed by atoms with E-state index < -0.39 is 10.7 Å². The van der Waals surface area contributed by atoms with Gasteiger partial charge < -0.3 is 4.90 Å². The van der Waals surface area contributed by atoms with Gasteiger partial charge in [0.2, 0.25) is 0 Å². The number of nitrogens with zero attached hydrogens (tertiary/aromatic N) is 3. The molecule has 1 heterocycles. The zero-order valence-electron chi connectivity index (χ0n) is 16.2. The number of aliphatic imine (C=N–C) groups is 1. The van der Waals surface area contributed by atoms with E-state index in [1.807, 2.05) is 13.8 Å². The number of allylic oxidation sites excluding steroid dienone is 1. The second-order valence-corrected chi connectivity index (χ2v) is 7.67. The van der Waals surface area contributed by atoms with Crippen molar-refractivity contribution in [1.82, 2.24) is 0 Å². The van der Waals surface area contributed by atoms with E-state index in [0.29, 0.717) is 11.3 Å². The van der Waals surface area contributed by atoms with Crippen LogP contribution >= 0.6 is 11.6 Å². The predicted molar refractivity (Wildman–Crippen MR) is 113 cm³/mol. The summed E-state index contributed by atoms with van der Waals surface area (Å²) in [6.07, 6.45) is 3.55. The van der Waals surface area contributed by atoms with Crippen molar-refractivity contribution in [3.63, 3.8) is 0 Å². The van der Waals surface area contributed by atoms with Crippen LogP contribution in [0.5, 0.6) is 0 Å². The lowest BCUT2D eigenvalue weighted by Gasteiger charge is -2.42. The number of hydrogen-bond acceptors (Lipinski definition) is 4. The quantitative estimate of drug-likeness (QED) is 0.350. The Morgan fingerprint density at radius 1 is 1.32 bits per heavy atom. The Morgan fingerprint density at radius 3 is 2.68 bits per heavy atom. The fraction of sp³-hybridized carbons (Fsp3) is 0.286. The number of hydrogen-bond donors (Lipinski definition) is 0. The molecular formula is C21H21ClFN3O2. The molecule has 0 saturated heterocycles. The summed E-state index contributed by atoms with van der Waals surface area (Å²) in [7, 11) is 0. The highest BCUT2D eigenvalue weighted by Gasteiger charge is 2.30. The molecule has 0 saturated carbocycles. The maximum atomic E-state index is 14.8. The molecule has 0 bridgehead atoms. The van der Waals surface area contributed by atoms with Crippen LogP contribution in [0.4, 0.5) is 21.5 Å². The summed E-state index contributed by atoms with van der Waals surface area (Å²) in [6, 6.07) is 7.52. The van der Waals surface area contributed by atoms with E-state index in [-0.39, 0.29) is 16.2 Å². The monoisotopic (exact) mass is 401 g/mol. The number of nitro benzene ring substituents is 1. The van der Waals surface area contributed by atoms with Crippen LogP contribution in [0.15, 0.2) is 41.4 Å². The van der Waals surface area contributed by atoms with E-state index in [1.54, 1.807) is 12.1 Å². The molecule has 0 radical (unpaired) electrons. The SMILES string of the molecule is CCN1c2cc(F)c(C=Nc3ccc(Cl)c([N+](=O)[O-])c3)cc2C(C)=CC1(C)C. The molecule has 1 aliphatic rings. The van der Waals surface area contributed by atoms with Gasteiger partial charge in [0.15, 0.2) is 0 Å². The minimum atomic E-state index is -0.573. The molecule has 2 aromatic carbocycles. The molecule has 0 amide bonds. The predicted octanol–water partition coefficient (Wildman–Crippen LogP) is 6.16. The van der Waals surface area contributed by atoms with Crippen molar-refractivity contribution < 1.29 is 9.31 Å². The molecule has 0 aliphatic carbocycles. The molecule has 0 fully saturated rings. The van der Waals surface area contributed by atoms with Crippen LogP contribution in [-0.4, -0.2) is 23.2 Å². The summed E-state index contributed by atoms with van der Waals surface area (Å²) >= 11 is 5.82. The first kappa shape index (κ1) is 20.0. The van der Waals surface area contributed by atoms with Gasteiger partial charge in [-0.15, -0.1) is 0 Å². The minimum absolute atomic E-state index is 0.0342. The molecule has 7 heteroatoms. The summed E-state index contributed by atoms with van der Waals surface area (Å²) in [6.45, 7) is 9.01. The van der Waals surface area contributed by atoms with Crippen LogP contribution in [0.25, 0.3) is 5.57 Å². The lowest BCUT2D eigenvalue weighted by Crippen LogP contribution is -2.45. The van der Waals surface area contributed by atoms with Crippen molar-refractivity contribution in [2.75, 3.05) is 11.4 Å². The van der Waals surface area contributed by atoms with Crippen molar-refractivity contribution in [1.29, 1.82) is 0 Å². The average molecular weight is 402 g/mol. The Morgan fingerprint density at radius 2 is 2.04 bits per heavy atom. The third-order valence-electron chi connectivity index (χ3n) is 4.89. The number of benzene rings is 2. The lowest BCUT2D eigenvalue weighted by atomic mass is 9.88. The zero-order chi connectivity index (χ0) is 20.6. The molecule has 3 rings (SSSR count). The van der Waals surface area contributed by atoms with Crippen LogP contribution in [0.3, 0.4) is 0 Å². The van der Waals surface area contributed by atoms with Gasteiger partial charge in [0.25, 0.3) is 5.69 Å². The molecule has 0 atom stereocenters. The van der Waals surface area contributed by atoms with E-state index in [0.717, 1.165) is 23.4 Å². The smallest absolute Gasteiger partial charge is 0.290 e. The molecule has 146 valence electrons. The van der Waals surface area contributed by atoms with E-state index in [9.17, 15) is 14.5 Å². The van der Waals surface area contributed by atoms with E-state index in [2.05, 4.69) is 29.8 Å². The summed E-state index contributed by atoms with van der Waals surface area (Å²) in [5, 5.41) is 11.0. The topological polar surface area (TPSA) is 58.7 Å². The van der Waals surface area contributed by atoms with Gasteiger partial charge in [-0.1, -0.05) is 17.7 Å². The van der Waals surface area contributed by atoms with E-state index >= 15 is 0 Å². The Bertz CT molecular complexity index is 1010. The highest BCUT2D eigenvalue weighted by Crippen LogP contribution is 2.39. The molecule has 1 aliphatic heterocycles. The van der Waals surface area contributed by atoms with Crippen LogP contribution in [0.2, 0.25) is 5.02 Å². The molecule has 0 spiro atoms. The lowest BCUT2D eigenvalue weighted by molar-refractivity contribution is -0.384. The second kappa shape index (κ2) is 7.36. The number of halogens is 2. The Kier molecular flexibility index (Phi) is 5.26. The van der Waals surface area contributed by atoms with E-state index in [1.165, 1.54) is 24.4 Å². The number of anilines is 1. The van der Waals surface area contributed by atoms with Crippen LogP contribution in [0.1, 0.15) is 38.8 Å². The summed E-state index contributed by atoms with van der Waals surface area (Å²) < 4.78 is 14.8. The summed E-state index contributed by atoms with van der Waals surface area (Å²) in [4.78, 5) is 16.8. The maximum Gasteiger partial charge on any atom is 0.290 e. The third kappa shape index (κ3) is 3.64. The second-order valence-electron chi connectivity index (χ2n) is 7.27. The first-order chi connectivity index (χ1) is 13.1. The number of nitro groups is 1.